The quantitative estimate of drug-likeness (QED) is 0.354. The second-order valence-corrected chi connectivity index (χ2v) is 4.64. The molecule has 0 saturated carbocycles. The summed E-state index contributed by atoms with van der Waals surface area (Å²) in [5.41, 5.74) is 0.346. The van der Waals surface area contributed by atoms with Crippen LogP contribution in [0.5, 0.6) is 5.75 Å². The number of halogens is 2. The lowest BCUT2D eigenvalue weighted by atomic mass is 10.2. The number of benzene rings is 1. The predicted octanol–water partition coefficient (Wildman–Crippen LogP) is 3.35. The highest BCUT2D eigenvalue weighted by atomic mass is 79.9. The van der Waals surface area contributed by atoms with Crippen LogP contribution in [0.15, 0.2) is 15.0 Å². The minimum atomic E-state index is -0.498. The molecule has 0 heterocycles. The van der Waals surface area contributed by atoms with Gasteiger partial charge in [0.2, 0.25) is 0 Å². The fraction of sp³-hybridized carbons (Fsp3) is 0.222. The first-order chi connectivity index (χ1) is 7.34. The van der Waals surface area contributed by atoms with E-state index in [9.17, 15) is 14.9 Å². The van der Waals surface area contributed by atoms with Gasteiger partial charge in [0.25, 0.3) is 5.69 Å². The van der Waals surface area contributed by atoms with Crippen LogP contribution in [0.25, 0.3) is 0 Å². The molecule has 1 aromatic carbocycles. The molecule has 0 amide bonds. The van der Waals surface area contributed by atoms with E-state index in [0.717, 1.165) is 0 Å². The first-order valence-corrected chi connectivity index (χ1v) is 5.74. The highest BCUT2D eigenvalue weighted by molar-refractivity contribution is 9.11. The fourth-order valence-corrected chi connectivity index (χ4v) is 2.20. The third-order valence-corrected chi connectivity index (χ3v) is 3.41. The number of hydrogen-bond acceptors (Lipinski definition) is 4. The Balaban J connectivity index is 3.39. The zero-order valence-electron chi connectivity index (χ0n) is 8.41. The Morgan fingerprint density at radius 2 is 2.06 bits per heavy atom. The van der Waals surface area contributed by atoms with Crippen LogP contribution in [0.1, 0.15) is 12.5 Å². The number of nitro benzene ring substituents is 1. The molecule has 86 valence electrons. The van der Waals surface area contributed by atoms with E-state index in [2.05, 4.69) is 31.9 Å². The summed E-state index contributed by atoms with van der Waals surface area (Å²) in [7, 11) is 0. The number of rotatable bonds is 2. The molecule has 0 aliphatic heterocycles. The van der Waals surface area contributed by atoms with Gasteiger partial charge in [0.05, 0.1) is 13.9 Å². The first kappa shape index (κ1) is 13.1. The third kappa shape index (κ3) is 2.59. The normalized spacial score (nSPS) is 10.0. The molecule has 16 heavy (non-hydrogen) atoms. The Hall–Kier alpha value is -0.950. The van der Waals surface area contributed by atoms with Crippen molar-refractivity contribution in [2.45, 2.75) is 13.8 Å². The van der Waals surface area contributed by atoms with Crippen molar-refractivity contribution in [3.63, 3.8) is 0 Å². The van der Waals surface area contributed by atoms with Crippen LogP contribution in [0, 0.1) is 17.0 Å². The van der Waals surface area contributed by atoms with Gasteiger partial charge in [0, 0.05) is 18.6 Å². The molecule has 0 fully saturated rings. The lowest BCUT2D eigenvalue weighted by molar-refractivity contribution is -0.386. The maximum absolute atomic E-state index is 10.8. The Labute approximate surface area is 108 Å². The van der Waals surface area contributed by atoms with Gasteiger partial charge in [-0.2, -0.15) is 0 Å². The van der Waals surface area contributed by atoms with Crippen LogP contribution in [-0.2, 0) is 4.79 Å². The molecular formula is C9H7Br2NO4. The van der Waals surface area contributed by atoms with Gasteiger partial charge < -0.3 is 4.74 Å². The SMILES string of the molecule is CC(=O)Oc1cc(Br)c([N+](=O)[O-])c(C)c1Br. The van der Waals surface area contributed by atoms with Crippen molar-refractivity contribution < 1.29 is 14.5 Å². The van der Waals surface area contributed by atoms with Crippen molar-refractivity contribution in [2.75, 3.05) is 0 Å². The minimum Gasteiger partial charge on any atom is -0.425 e. The molecule has 0 spiro atoms. The van der Waals surface area contributed by atoms with Crippen LogP contribution < -0.4 is 4.74 Å². The van der Waals surface area contributed by atoms with Crippen LogP contribution in [0.3, 0.4) is 0 Å². The van der Waals surface area contributed by atoms with Crippen LogP contribution in [0.4, 0.5) is 5.69 Å². The monoisotopic (exact) mass is 351 g/mol. The Kier molecular flexibility index (Phi) is 4.03. The zero-order chi connectivity index (χ0) is 12.5. The van der Waals surface area contributed by atoms with Gasteiger partial charge in [0.15, 0.2) is 0 Å². The second-order valence-electron chi connectivity index (χ2n) is 2.99. The minimum absolute atomic E-state index is 0.0530. The summed E-state index contributed by atoms with van der Waals surface area (Å²) in [4.78, 5) is 21.1. The van der Waals surface area contributed by atoms with Crippen molar-refractivity contribution in [2.24, 2.45) is 0 Å². The molecule has 0 bridgehead atoms. The highest BCUT2D eigenvalue weighted by Gasteiger charge is 2.22. The summed E-state index contributed by atoms with van der Waals surface area (Å²) < 4.78 is 5.58. The molecule has 0 aliphatic carbocycles. The number of carbonyl (C=O) groups is 1. The summed E-state index contributed by atoms with van der Waals surface area (Å²) in [6.45, 7) is 2.83. The van der Waals surface area contributed by atoms with E-state index >= 15 is 0 Å². The average molecular weight is 353 g/mol. The van der Waals surface area contributed by atoms with Gasteiger partial charge >= 0.3 is 5.97 Å². The average Bonchev–Trinajstić information content (AvgIpc) is 2.12. The van der Waals surface area contributed by atoms with E-state index in [1.54, 1.807) is 6.92 Å². The Bertz CT molecular complexity index is 473. The van der Waals surface area contributed by atoms with E-state index in [4.69, 9.17) is 4.74 Å². The van der Waals surface area contributed by atoms with Crippen LogP contribution in [-0.4, -0.2) is 10.9 Å². The Morgan fingerprint density at radius 1 is 1.50 bits per heavy atom. The maximum atomic E-state index is 10.8. The van der Waals surface area contributed by atoms with Crippen molar-refractivity contribution in [1.29, 1.82) is 0 Å². The third-order valence-electron chi connectivity index (χ3n) is 1.82. The van der Waals surface area contributed by atoms with Crippen molar-refractivity contribution in [1.82, 2.24) is 0 Å². The largest absolute Gasteiger partial charge is 0.425 e. The molecule has 0 radical (unpaired) electrons. The van der Waals surface area contributed by atoms with Gasteiger partial charge in [-0.1, -0.05) is 0 Å². The van der Waals surface area contributed by atoms with E-state index in [1.807, 2.05) is 0 Å². The topological polar surface area (TPSA) is 69.4 Å². The summed E-state index contributed by atoms with van der Waals surface area (Å²) in [5.74, 6) is -0.233. The van der Waals surface area contributed by atoms with Crippen molar-refractivity contribution >= 4 is 43.5 Å². The molecule has 0 atom stereocenters. The molecule has 7 heteroatoms. The van der Waals surface area contributed by atoms with Crippen LogP contribution in [0.2, 0.25) is 0 Å². The summed E-state index contributed by atoms with van der Waals surface area (Å²) >= 11 is 6.23. The molecule has 1 aromatic rings. The molecular weight excluding hydrogens is 346 g/mol. The molecule has 0 saturated heterocycles. The van der Waals surface area contributed by atoms with E-state index in [1.165, 1.54) is 13.0 Å². The molecule has 0 N–H and O–H groups in total. The summed E-state index contributed by atoms with van der Waals surface area (Å²) in [5, 5.41) is 10.8. The van der Waals surface area contributed by atoms with E-state index < -0.39 is 10.9 Å². The van der Waals surface area contributed by atoms with Gasteiger partial charge in [0.1, 0.15) is 5.75 Å². The number of hydrogen-bond donors (Lipinski definition) is 0. The standard InChI is InChI=1S/C9H7Br2NO4/c1-4-8(11)7(16-5(2)13)3-6(10)9(4)12(14)15/h3H,1-2H3. The zero-order valence-corrected chi connectivity index (χ0v) is 11.6. The number of ether oxygens (including phenoxy) is 1. The number of nitro groups is 1. The first-order valence-electron chi connectivity index (χ1n) is 4.16. The number of nitrogens with zero attached hydrogens (tertiary/aromatic N) is 1. The van der Waals surface area contributed by atoms with Gasteiger partial charge in [-0.15, -0.1) is 0 Å². The fourth-order valence-electron chi connectivity index (χ4n) is 1.17. The lowest BCUT2D eigenvalue weighted by Crippen LogP contribution is -2.04. The molecule has 1 rings (SSSR count). The van der Waals surface area contributed by atoms with Gasteiger partial charge in [-0.25, -0.2) is 0 Å². The van der Waals surface area contributed by atoms with Gasteiger partial charge in [-0.3, -0.25) is 14.9 Å². The van der Waals surface area contributed by atoms with Gasteiger partial charge in [-0.05, 0) is 38.8 Å². The van der Waals surface area contributed by atoms with E-state index in [0.29, 0.717) is 10.0 Å². The molecule has 0 unspecified atom stereocenters. The summed E-state index contributed by atoms with van der Waals surface area (Å²) in [6.07, 6.45) is 0. The van der Waals surface area contributed by atoms with Crippen molar-refractivity contribution in [3.05, 3.63) is 30.7 Å². The number of carbonyl (C=O) groups excluding carboxylic acids is 1. The Morgan fingerprint density at radius 3 is 2.50 bits per heavy atom. The summed E-state index contributed by atoms with van der Waals surface area (Å²) in [6, 6.07) is 1.39. The van der Waals surface area contributed by atoms with E-state index in [-0.39, 0.29) is 15.9 Å². The predicted molar refractivity (Wildman–Crippen MR) is 64.5 cm³/mol. The molecule has 5 nitrogen and oxygen atoms in total. The number of esters is 1. The molecule has 0 aliphatic rings. The maximum Gasteiger partial charge on any atom is 0.308 e. The smallest absolute Gasteiger partial charge is 0.308 e. The lowest BCUT2D eigenvalue weighted by Gasteiger charge is -2.08. The highest BCUT2D eigenvalue weighted by Crippen LogP contribution is 2.40. The van der Waals surface area contributed by atoms with Crippen molar-refractivity contribution in [3.8, 4) is 5.75 Å². The van der Waals surface area contributed by atoms with Crippen LogP contribution >= 0.6 is 31.9 Å². The second kappa shape index (κ2) is 4.92. The molecule has 0 aromatic heterocycles.